The summed E-state index contributed by atoms with van der Waals surface area (Å²) in [6.45, 7) is 0.511. The lowest BCUT2D eigenvalue weighted by Crippen LogP contribution is -2.17. The van der Waals surface area contributed by atoms with Gasteiger partial charge in [0.05, 0.1) is 23.7 Å². The number of anilines is 1. The standard InChI is InChI=1S/C16H15N3O3/c1-18(11-12-3-6-14(22-2)7-4-12)15-8-5-13(10-17)9-16(15)19(20)21/h3-9H,11H2,1-2H3. The Bertz CT molecular complexity index is 720. The van der Waals surface area contributed by atoms with E-state index >= 15 is 0 Å². The van der Waals surface area contributed by atoms with Crippen molar-refractivity contribution in [2.45, 2.75) is 6.54 Å². The third kappa shape index (κ3) is 3.33. The molecular weight excluding hydrogens is 282 g/mol. The minimum absolute atomic E-state index is 0.0740. The Kier molecular flexibility index (Phi) is 4.59. The first-order chi connectivity index (χ1) is 10.5. The first-order valence-corrected chi connectivity index (χ1v) is 6.57. The van der Waals surface area contributed by atoms with Gasteiger partial charge in [-0.15, -0.1) is 0 Å². The number of methoxy groups -OCH3 is 1. The second-order valence-electron chi connectivity index (χ2n) is 4.78. The second-order valence-corrected chi connectivity index (χ2v) is 4.78. The molecule has 0 saturated heterocycles. The van der Waals surface area contributed by atoms with E-state index in [0.717, 1.165) is 11.3 Å². The number of ether oxygens (including phenoxy) is 1. The minimum Gasteiger partial charge on any atom is -0.497 e. The average Bonchev–Trinajstić information content (AvgIpc) is 2.54. The van der Waals surface area contributed by atoms with Gasteiger partial charge in [0.2, 0.25) is 0 Å². The first kappa shape index (κ1) is 15.3. The molecule has 0 aromatic heterocycles. The molecule has 0 unspecified atom stereocenters. The third-order valence-corrected chi connectivity index (χ3v) is 3.29. The Morgan fingerprint density at radius 3 is 2.50 bits per heavy atom. The van der Waals surface area contributed by atoms with E-state index in [4.69, 9.17) is 10.00 Å². The van der Waals surface area contributed by atoms with Crippen molar-refractivity contribution in [1.29, 1.82) is 5.26 Å². The van der Waals surface area contributed by atoms with E-state index in [0.29, 0.717) is 12.2 Å². The molecule has 0 radical (unpaired) electrons. The van der Waals surface area contributed by atoms with Crippen LogP contribution in [-0.2, 0) is 6.54 Å². The lowest BCUT2D eigenvalue weighted by atomic mass is 10.1. The SMILES string of the molecule is COc1ccc(CN(C)c2ccc(C#N)cc2[N+](=O)[O-])cc1. The van der Waals surface area contributed by atoms with Crippen molar-refractivity contribution in [3.8, 4) is 11.8 Å². The largest absolute Gasteiger partial charge is 0.497 e. The van der Waals surface area contributed by atoms with Crippen LogP contribution in [0.25, 0.3) is 0 Å². The Labute approximate surface area is 128 Å². The molecule has 0 heterocycles. The van der Waals surface area contributed by atoms with Crippen LogP contribution in [0.15, 0.2) is 42.5 Å². The highest BCUT2D eigenvalue weighted by Gasteiger charge is 2.18. The van der Waals surface area contributed by atoms with E-state index in [1.807, 2.05) is 30.3 Å². The van der Waals surface area contributed by atoms with Gasteiger partial charge in [-0.2, -0.15) is 5.26 Å². The molecule has 6 nitrogen and oxygen atoms in total. The quantitative estimate of drug-likeness (QED) is 0.625. The van der Waals surface area contributed by atoms with Crippen molar-refractivity contribution >= 4 is 11.4 Å². The van der Waals surface area contributed by atoms with Crippen molar-refractivity contribution in [3.05, 3.63) is 63.7 Å². The van der Waals surface area contributed by atoms with Crippen molar-refractivity contribution in [1.82, 2.24) is 0 Å². The molecule has 2 rings (SSSR count). The fourth-order valence-corrected chi connectivity index (χ4v) is 2.15. The molecule has 0 N–H and O–H groups in total. The van der Waals surface area contributed by atoms with Gasteiger partial charge < -0.3 is 9.64 Å². The van der Waals surface area contributed by atoms with Gasteiger partial charge in [0, 0.05) is 19.7 Å². The number of nitro groups is 1. The highest BCUT2D eigenvalue weighted by atomic mass is 16.6. The molecule has 0 bridgehead atoms. The maximum atomic E-state index is 11.2. The number of nitro benzene ring substituents is 1. The monoisotopic (exact) mass is 297 g/mol. The predicted molar refractivity (Wildman–Crippen MR) is 82.9 cm³/mol. The minimum atomic E-state index is -0.472. The Morgan fingerprint density at radius 2 is 1.95 bits per heavy atom. The Hall–Kier alpha value is -3.07. The molecule has 0 amide bonds. The van der Waals surface area contributed by atoms with Crippen LogP contribution in [0, 0.1) is 21.4 Å². The average molecular weight is 297 g/mol. The molecule has 6 heteroatoms. The number of nitriles is 1. The molecule has 0 aliphatic rings. The van der Waals surface area contributed by atoms with E-state index < -0.39 is 4.92 Å². The van der Waals surface area contributed by atoms with E-state index in [2.05, 4.69) is 0 Å². The number of rotatable bonds is 5. The van der Waals surface area contributed by atoms with Crippen molar-refractivity contribution in [3.63, 3.8) is 0 Å². The van der Waals surface area contributed by atoms with Crippen LogP contribution in [0.2, 0.25) is 0 Å². The summed E-state index contributed by atoms with van der Waals surface area (Å²) in [6.07, 6.45) is 0. The Morgan fingerprint density at radius 1 is 1.27 bits per heavy atom. The smallest absolute Gasteiger partial charge is 0.293 e. The molecule has 0 fully saturated rings. The first-order valence-electron chi connectivity index (χ1n) is 6.57. The van der Waals surface area contributed by atoms with Crippen LogP contribution in [0.1, 0.15) is 11.1 Å². The second kappa shape index (κ2) is 6.59. The fourth-order valence-electron chi connectivity index (χ4n) is 2.15. The molecular formula is C16H15N3O3. The van der Waals surface area contributed by atoms with Gasteiger partial charge in [-0.1, -0.05) is 12.1 Å². The van der Waals surface area contributed by atoms with E-state index in [9.17, 15) is 10.1 Å². The molecule has 2 aromatic rings. The van der Waals surface area contributed by atoms with Crippen molar-refractivity contribution < 1.29 is 9.66 Å². The molecule has 2 aromatic carbocycles. The van der Waals surface area contributed by atoms with E-state index in [-0.39, 0.29) is 11.3 Å². The fraction of sp³-hybridized carbons (Fsp3) is 0.188. The van der Waals surface area contributed by atoms with Gasteiger partial charge in [-0.05, 0) is 29.8 Å². The van der Waals surface area contributed by atoms with E-state index in [1.54, 1.807) is 31.2 Å². The maximum Gasteiger partial charge on any atom is 0.293 e. The molecule has 0 atom stereocenters. The van der Waals surface area contributed by atoms with Crippen LogP contribution >= 0.6 is 0 Å². The van der Waals surface area contributed by atoms with Crippen LogP contribution in [0.3, 0.4) is 0 Å². The van der Waals surface area contributed by atoms with Crippen LogP contribution < -0.4 is 9.64 Å². The van der Waals surface area contributed by atoms with E-state index in [1.165, 1.54) is 6.07 Å². The van der Waals surface area contributed by atoms with Crippen molar-refractivity contribution in [2.75, 3.05) is 19.1 Å². The summed E-state index contributed by atoms with van der Waals surface area (Å²) in [7, 11) is 3.37. The predicted octanol–water partition coefficient (Wildman–Crippen LogP) is 3.11. The molecule has 0 aliphatic carbocycles. The number of nitrogens with zero attached hydrogens (tertiary/aromatic N) is 3. The summed E-state index contributed by atoms with van der Waals surface area (Å²) in [6, 6.07) is 13.9. The van der Waals surface area contributed by atoms with Gasteiger partial charge in [0.1, 0.15) is 11.4 Å². The van der Waals surface area contributed by atoms with Crippen LogP contribution in [0.5, 0.6) is 5.75 Å². The molecule has 22 heavy (non-hydrogen) atoms. The van der Waals surface area contributed by atoms with Crippen LogP contribution in [-0.4, -0.2) is 19.1 Å². The Balaban J connectivity index is 2.26. The summed E-state index contributed by atoms with van der Waals surface area (Å²) < 4.78 is 5.10. The van der Waals surface area contributed by atoms with Gasteiger partial charge in [0.25, 0.3) is 5.69 Å². The maximum absolute atomic E-state index is 11.2. The molecule has 0 saturated carbocycles. The summed E-state index contributed by atoms with van der Waals surface area (Å²) in [5.41, 5.74) is 1.67. The van der Waals surface area contributed by atoms with Gasteiger partial charge in [0.15, 0.2) is 0 Å². The normalized spacial score (nSPS) is 9.86. The highest BCUT2D eigenvalue weighted by molar-refractivity contribution is 5.65. The third-order valence-electron chi connectivity index (χ3n) is 3.29. The zero-order valence-corrected chi connectivity index (χ0v) is 12.3. The molecule has 0 spiro atoms. The van der Waals surface area contributed by atoms with Crippen molar-refractivity contribution in [2.24, 2.45) is 0 Å². The number of benzene rings is 2. The number of hydrogen-bond donors (Lipinski definition) is 0. The zero-order chi connectivity index (χ0) is 16.1. The topological polar surface area (TPSA) is 79.4 Å². The zero-order valence-electron chi connectivity index (χ0n) is 12.3. The molecule has 0 aliphatic heterocycles. The van der Waals surface area contributed by atoms with Gasteiger partial charge in [-0.3, -0.25) is 10.1 Å². The highest BCUT2D eigenvalue weighted by Crippen LogP contribution is 2.29. The molecule has 112 valence electrons. The summed E-state index contributed by atoms with van der Waals surface area (Å²) >= 11 is 0. The van der Waals surface area contributed by atoms with Gasteiger partial charge in [-0.25, -0.2) is 0 Å². The lowest BCUT2D eigenvalue weighted by molar-refractivity contribution is -0.384. The summed E-state index contributed by atoms with van der Waals surface area (Å²) in [5, 5.41) is 20.0. The van der Waals surface area contributed by atoms with Gasteiger partial charge >= 0.3 is 0 Å². The van der Waals surface area contributed by atoms with Crippen LogP contribution in [0.4, 0.5) is 11.4 Å². The number of hydrogen-bond acceptors (Lipinski definition) is 5. The summed E-state index contributed by atoms with van der Waals surface area (Å²) in [4.78, 5) is 12.5. The summed E-state index contributed by atoms with van der Waals surface area (Å²) in [5.74, 6) is 0.760. The lowest BCUT2D eigenvalue weighted by Gasteiger charge is -2.19.